The van der Waals surface area contributed by atoms with Crippen LogP contribution < -0.4 is 15.0 Å². The van der Waals surface area contributed by atoms with E-state index in [0.29, 0.717) is 29.8 Å². The van der Waals surface area contributed by atoms with Crippen molar-refractivity contribution in [1.29, 1.82) is 0 Å². The van der Waals surface area contributed by atoms with Gasteiger partial charge in [-0.05, 0) is 56.7 Å². The maximum Gasteiger partial charge on any atom is 0.266 e. The summed E-state index contributed by atoms with van der Waals surface area (Å²) in [6.45, 7) is 6.35. The van der Waals surface area contributed by atoms with Crippen LogP contribution in [0.4, 0.5) is 5.69 Å². The first-order chi connectivity index (χ1) is 15.8. The second-order valence-corrected chi connectivity index (χ2v) is 8.70. The highest BCUT2D eigenvalue weighted by Crippen LogP contribution is 2.34. The first-order valence-electron chi connectivity index (χ1n) is 11.0. The number of carbonyl (C=O) groups is 3. The summed E-state index contributed by atoms with van der Waals surface area (Å²) in [5, 5.41) is 3.07. The molecule has 166 valence electrons. The molecule has 1 unspecified atom stereocenters. The van der Waals surface area contributed by atoms with Gasteiger partial charge in [-0.2, -0.15) is 0 Å². The first kappa shape index (κ1) is 20.9. The predicted molar refractivity (Wildman–Crippen MR) is 125 cm³/mol. The van der Waals surface area contributed by atoms with Crippen LogP contribution in [-0.2, 0) is 0 Å². The molecule has 1 N–H and O–H groups in total. The SMILES string of the molecule is Cc1ccc(N2C(=O)c3ccc(C(=O)NC4CCOc5ccc(C)cc54)cc3C2=O)c(C)c1. The van der Waals surface area contributed by atoms with Gasteiger partial charge in [0, 0.05) is 17.5 Å². The molecule has 2 aliphatic heterocycles. The second-order valence-electron chi connectivity index (χ2n) is 8.70. The molecule has 2 heterocycles. The molecule has 2 aliphatic rings. The standard InChI is InChI=1S/C27H24N2O4/c1-15-4-8-23(17(3)12-15)29-26(31)19-7-6-18(14-20(19)27(29)32)25(30)28-22-10-11-33-24-9-5-16(2)13-21(22)24/h4-9,12-14,22H,10-11H2,1-3H3,(H,28,30). The van der Waals surface area contributed by atoms with Gasteiger partial charge in [-0.25, -0.2) is 4.90 Å². The lowest BCUT2D eigenvalue weighted by Crippen LogP contribution is -2.32. The molecule has 0 saturated carbocycles. The summed E-state index contributed by atoms with van der Waals surface area (Å²) >= 11 is 0. The fourth-order valence-corrected chi connectivity index (χ4v) is 4.56. The molecule has 5 rings (SSSR count). The number of amides is 3. The number of hydrogen-bond donors (Lipinski definition) is 1. The van der Waals surface area contributed by atoms with Crippen LogP contribution in [0.1, 0.15) is 65.8 Å². The molecule has 33 heavy (non-hydrogen) atoms. The number of hydrogen-bond acceptors (Lipinski definition) is 4. The minimum Gasteiger partial charge on any atom is -0.493 e. The van der Waals surface area contributed by atoms with Crippen molar-refractivity contribution in [2.24, 2.45) is 0 Å². The van der Waals surface area contributed by atoms with Crippen LogP contribution in [0.25, 0.3) is 0 Å². The molecule has 6 nitrogen and oxygen atoms in total. The molecule has 3 amide bonds. The molecule has 0 aliphatic carbocycles. The molecular weight excluding hydrogens is 416 g/mol. The Morgan fingerprint density at radius 3 is 2.42 bits per heavy atom. The van der Waals surface area contributed by atoms with E-state index in [1.54, 1.807) is 18.2 Å². The summed E-state index contributed by atoms with van der Waals surface area (Å²) < 4.78 is 5.71. The summed E-state index contributed by atoms with van der Waals surface area (Å²) in [6, 6.07) is 16.0. The minimum absolute atomic E-state index is 0.182. The maximum atomic E-state index is 13.2. The van der Waals surface area contributed by atoms with Gasteiger partial charge in [-0.3, -0.25) is 14.4 Å². The zero-order valence-electron chi connectivity index (χ0n) is 18.8. The van der Waals surface area contributed by atoms with Crippen molar-refractivity contribution in [3.8, 4) is 5.75 Å². The minimum atomic E-state index is -0.413. The van der Waals surface area contributed by atoms with Crippen LogP contribution in [0.5, 0.6) is 5.75 Å². The van der Waals surface area contributed by atoms with Gasteiger partial charge in [0.25, 0.3) is 17.7 Å². The third-order valence-corrected chi connectivity index (χ3v) is 6.25. The van der Waals surface area contributed by atoms with Crippen molar-refractivity contribution >= 4 is 23.4 Å². The lowest BCUT2D eigenvalue weighted by Gasteiger charge is -2.27. The Morgan fingerprint density at radius 1 is 0.909 bits per heavy atom. The van der Waals surface area contributed by atoms with E-state index in [9.17, 15) is 14.4 Å². The summed E-state index contributed by atoms with van der Waals surface area (Å²) in [5.41, 5.74) is 5.40. The smallest absolute Gasteiger partial charge is 0.266 e. The number of nitrogens with one attached hydrogen (secondary N) is 1. The third kappa shape index (κ3) is 3.57. The number of rotatable bonds is 3. The van der Waals surface area contributed by atoms with Gasteiger partial charge < -0.3 is 10.1 Å². The fourth-order valence-electron chi connectivity index (χ4n) is 4.56. The predicted octanol–water partition coefficient (Wildman–Crippen LogP) is 4.67. The summed E-state index contributed by atoms with van der Waals surface area (Å²) in [5.74, 6) is -0.301. The first-order valence-corrected chi connectivity index (χ1v) is 11.0. The van der Waals surface area contributed by atoms with Crippen molar-refractivity contribution in [3.05, 3.63) is 93.5 Å². The molecule has 0 bridgehead atoms. The summed E-state index contributed by atoms with van der Waals surface area (Å²) in [7, 11) is 0. The highest BCUT2D eigenvalue weighted by atomic mass is 16.5. The Labute approximate surface area is 192 Å². The maximum absolute atomic E-state index is 13.2. The van der Waals surface area contributed by atoms with Crippen molar-refractivity contribution in [2.45, 2.75) is 33.2 Å². The number of carbonyl (C=O) groups excluding carboxylic acids is 3. The van der Waals surface area contributed by atoms with Crippen molar-refractivity contribution in [1.82, 2.24) is 5.32 Å². The zero-order chi connectivity index (χ0) is 23.3. The van der Waals surface area contributed by atoms with E-state index in [0.717, 1.165) is 28.0 Å². The fraction of sp³-hybridized carbons (Fsp3) is 0.222. The monoisotopic (exact) mass is 440 g/mol. The van der Waals surface area contributed by atoms with Gasteiger partial charge in [-0.1, -0.05) is 35.4 Å². The van der Waals surface area contributed by atoms with Crippen LogP contribution >= 0.6 is 0 Å². The number of aryl methyl sites for hydroxylation is 3. The zero-order valence-corrected chi connectivity index (χ0v) is 18.8. The number of benzene rings is 3. The Bertz CT molecular complexity index is 1330. The third-order valence-electron chi connectivity index (χ3n) is 6.25. The van der Waals surface area contributed by atoms with E-state index in [-0.39, 0.29) is 23.4 Å². The van der Waals surface area contributed by atoms with E-state index in [2.05, 4.69) is 5.32 Å². The van der Waals surface area contributed by atoms with Crippen LogP contribution in [0, 0.1) is 20.8 Å². The van der Waals surface area contributed by atoms with E-state index >= 15 is 0 Å². The molecule has 3 aromatic carbocycles. The topological polar surface area (TPSA) is 75.7 Å². The number of nitrogens with zero attached hydrogens (tertiary/aromatic N) is 1. The largest absolute Gasteiger partial charge is 0.493 e. The highest BCUT2D eigenvalue weighted by molar-refractivity contribution is 6.35. The number of fused-ring (bicyclic) bond motifs is 2. The molecular formula is C27H24N2O4. The van der Waals surface area contributed by atoms with Crippen LogP contribution in [0.2, 0.25) is 0 Å². The van der Waals surface area contributed by atoms with Gasteiger partial charge in [0.1, 0.15) is 5.75 Å². The summed E-state index contributed by atoms with van der Waals surface area (Å²) in [6.07, 6.45) is 0.658. The second kappa shape index (κ2) is 7.89. The van der Waals surface area contributed by atoms with Crippen molar-refractivity contribution in [2.75, 3.05) is 11.5 Å². The Kier molecular flexibility index (Phi) is 5.01. The lowest BCUT2D eigenvalue weighted by molar-refractivity contribution is 0.0916. The molecule has 0 radical (unpaired) electrons. The Hall–Kier alpha value is -3.93. The van der Waals surface area contributed by atoms with E-state index in [1.165, 1.54) is 11.0 Å². The molecule has 0 saturated heterocycles. The van der Waals surface area contributed by atoms with Gasteiger partial charge in [0.05, 0.1) is 29.5 Å². The van der Waals surface area contributed by atoms with Gasteiger partial charge in [-0.15, -0.1) is 0 Å². The molecule has 6 heteroatoms. The van der Waals surface area contributed by atoms with E-state index < -0.39 is 5.91 Å². The Morgan fingerprint density at radius 2 is 1.64 bits per heavy atom. The highest BCUT2D eigenvalue weighted by Gasteiger charge is 2.38. The molecule has 1 atom stereocenters. The van der Waals surface area contributed by atoms with E-state index in [4.69, 9.17) is 4.74 Å². The summed E-state index contributed by atoms with van der Waals surface area (Å²) in [4.78, 5) is 40.4. The quantitative estimate of drug-likeness (QED) is 0.601. The van der Waals surface area contributed by atoms with Gasteiger partial charge in [0.15, 0.2) is 0 Å². The van der Waals surface area contributed by atoms with Crippen LogP contribution in [0.15, 0.2) is 54.6 Å². The van der Waals surface area contributed by atoms with Gasteiger partial charge in [0.2, 0.25) is 0 Å². The molecule has 3 aromatic rings. The normalized spacial score (nSPS) is 16.8. The van der Waals surface area contributed by atoms with E-state index in [1.807, 2.05) is 51.1 Å². The average molecular weight is 440 g/mol. The van der Waals surface area contributed by atoms with Crippen molar-refractivity contribution < 1.29 is 19.1 Å². The number of ether oxygens (including phenoxy) is 1. The lowest BCUT2D eigenvalue weighted by atomic mass is 9.98. The average Bonchev–Trinajstić information content (AvgIpc) is 3.04. The Balaban J connectivity index is 1.42. The number of imide groups is 1. The number of anilines is 1. The van der Waals surface area contributed by atoms with Gasteiger partial charge >= 0.3 is 0 Å². The van der Waals surface area contributed by atoms with Crippen LogP contribution in [0.3, 0.4) is 0 Å². The molecule has 0 fully saturated rings. The van der Waals surface area contributed by atoms with Crippen LogP contribution in [-0.4, -0.2) is 24.3 Å². The molecule has 0 aromatic heterocycles. The molecule has 0 spiro atoms. The van der Waals surface area contributed by atoms with Crippen molar-refractivity contribution in [3.63, 3.8) is 0 Å².